The third-order valence-electron chi connectivity index (χ3n) is 9.81. The van der Waals surface area contributed by atoms with Gasteiger partial charge in [0.2, 0.25) is 0 Å². The molecule has 4 rings (SSSR count). The molecule has 20 atom stereocenters. The van der Waals surface area contributed by atoms with E-state index in [0.29, 0.717) is 18.1 Å². The van der Waals surface area contributed by atoms with Crippen molar-refractivity contribution in [1.29, 1.82) is 0 Å². The first-order valence-corrected chi connectivity index (χ1v) is 18.4. The molecule has 0 aromatic carbocycles. The summed E-state index contributed by atoms with van der Waals surface area (Å²) in [4.78, 5) is 0. The van der Waals surface area contributed by atoms with Crippen LogP contribution in [0.2, 0.25) is 0 Å². The number of hydrogen-bond acceptors (Lipinski definition) is 19. The Morgan fingerprint density at radius 2 is 1.22 bits per heavy atom. The molecule has 12 N–H and O–H groups in total. The van der Waals surface area contributed by atoms with Crippen molar-refractivity contribution in [2.75, 3.05) is 38.4 Å². The van der Waals surface area contributed by atoms with Gasteiger partial charge in [-0.1, -0.05) is 13.8 Å². The number of thiocarbonyl (C=S) groups is 1. The summed E-state index contributed by atoms with van der Waals surface area (Å²) in [7, 11) is 1.39. The third kappa shape index (κ3) is 9.97. The Morgan fingerprint density at radius 1 is 0.647 bits per heavy atom. The summed E-state index contributed by atoms with van der Waals surface area (Å²) >= 11 is 7.03. The fraction of sp³-hybridized carbons (Fsp3) is 0.967. The molecule has 298 valence electrons. The molecule has 4 aliphatic rings. The highest BCUT2D eigenvalue weighted by molar-refractivity contribution is 7.99. The largest absolute Gasteiger partial charge is 0.394 e. The number of rotatable bonds is 13. The molecule has 0 spiro atoms. The maximum Gasteiger partial charge on any atom is 0.187 e. The first kappa shape index (κ1) is 43.1. The van der Waals surface area contributed by atoms with E-state index in [4.69, 9.17) is 45.4 Å². The van der Waals surface area contributed by atoms with Gasteiger partial charge in [0, 0.05) is 37.0 Å². The van der Waals surface area contributed by atoms with Gasteiger partial charge in [-0.15, -0.1) is 0 Å². The second kappa shape index (κ2) is 19.3. The van der Waals surface area contributed by atoms with E-state index in [1.54, 1.807) is 13.8 Å². The van der Waals surface area contributed by atoms with Crippen LogP contribution in [0.5, 0.6) is 0 Å². The SMILES string of the molecule is CO[C@@H]1OC(CSCCNC(=S)N[C@@H]2OC(CO)[C@H](O[C@@H]3OC(CO)[C@H](O)[C@H](O)C3O)[C@H](O[C@@H]3OC(C)[C@H](O)[C@@H](O)C3O)C2C)C(C)C(O)C1O. The Balaban J connectivity index is 1.41. The molecule has 51 heavy (non-hydrogen) atoms. The van der Waals surface area contributed by atoms with Crippen LogP contribution in [0.25, 0.3) is 0 Å². The van der Waals surface area contributed by atoms with E-state index in [-0.39, 0.29) is 17.1 Å². The standard InChI is InChI=1S/C30H54N2O17S2/c1-10-15(47-27(43-4)21(40)16(10)35)9-51-6-5-31-30(50)32-26-11(2)24(48-28-22(41)19(38)17(36)12(3)44-28)25(14(8-34)45-26)49-29-23(42)20(39)18(37)13(7-33)46-29/h10-29,33-42H,5-9H2,1-4H3,(H2,31,32,50)/t10?,11?,12?,13?,14?,15?,16?,17-,18-,19+,20-,21?,22?,23?,24+,25-,26+,27+,28-,29-/m0/s1. The van der Waals surface area contributed by atoms with Gasteiger partial charge in [0.25, 0.3) is 0 Å². The molecular weight excluding hydrogens is 724 g/mol. The quantitative estimate of drug-likeness (QED) is 0.0614. The van der Waals surface area contributed by atoms with E-state index in [9.17, 15) is 51.1 Å². The van der Waals surface area contributed by atoms with E-state index >= 15 is 0 Å². The summed E-state index contributed by atoms with van der Waals surface area (Å²) in [6, 6.07) is 0. The Kier molecular flexibility index (Phi) is 16.3. The summed E-state index contributed by atoms with van der Waals surface area (Å²) in [6.07, 6.45) is -23.3. The molecule has 4 saturated heterocycles. The zero-order chi connectivity index (χ0) is 37.7. The topological polar surface area (TPSA) is 291 Å². The minimum Gasteiger partial charge on any atom is -0.394 e. The van der Waals surface area contributed by atoms with E-state index < -0.39 is 124 Å². The molecule has 0 aromatic rings. The van der Waals surface area contributed by atoms with Gasteiger partial charge in [-0.25, -0.2) is 0 Å². The average Bonchev–Trinajstić information content (AvgIpc) is 3.11. The molecule has 0 bridgehead atoms. The number of nitrogens with one attached hydrogen (secondary N) is 2. The zero-order valence-electron chi connectivity index (χ0n) is 28.7. The van der Waals surface area contributed by atoms with Crippen LogP contribution in [-0.4, -0.2) is 205 Å². The fourth-order valence-corrected chi connectivity index (χ4v) is 7.68. The van der Waals surface area contributed by atoms with Crippen LogP contribution < -0.4 is 10.6 Å². The number of hydrogen-bond donors (Lipinski definition) is 12. The van der Waals surface area contributed by atoms with E-state index in [0.717, 1.165) is 0 Å². The molecule has 19 nitrogen and oxygen atoms in total. The highest BCUT2D eigenvalue weighted by atomic mass is 32.2. The molecule has 4 heterocycles. The van der Waals surface area contributed by atoms with E-state index in [1.807, 2.05) is 0 Å². The van der Waals surface area contributed by atoms with Gasteiger partial charge >= 0.3 is 0 Å². The molecule has 0 saturated carbocycles. The molecule has 21 heteroatoms. The Bertz CT molecular complexity index is 1090. The highest BCUT2D eigenvalue weighted by Crippen LogP contribution is 2.35. The molecule has 0 radical (unpaired) electrons. The van der Waals surface area contributed by atoms with Crippen LogP contribution in [0.4, 0.5) is 0 Å². The third-order valence-corrected chi connectivity index (χ3v) is 11.1. The van der Waals surface area contributed by atoms with Crippen molar-refractivity contribution < 1.29 is 84.2 Å². The van der Waals surface area contributed by atoms with Gasteiger partial charge in [-0.05, 0) is 19.1 Å². The Morgan fingerprint density at radius 3 is 1.84 bits per heavy atom. The Hall–Kier alpha value is -0.640. The maximum absolute atomic E-state index is 10.7. The molecule has 0 amide bonds. The van der Waals surface area contributed by atoms with Gasteiger partial charge in [0.05, 0.1) is 37.6 Å². The highest BCUT2D eigenvalue weighted by Gasteiger charge is 2.53. The molecule has 4 aliphatic heterocycles. The monoisotopic (exact) mass is 778 g/mol. The fourth-order valence-electron chi connectivity index (χ4n) is 6.44. The molecule has 4 fully saturated rings. The summed E-state index contributed by atoms with van der Waals surface area (Å²) in [5, 5.41) is 109. The lowest BCUT2D eigenvalue weighted by molar-refractivity contribution is -0.365. The Labute approximate surface area is 305 Å². The summed E-state index contributed by atoms with van der Waals surface area (Å²) < 4.78 is 40.4. The first-order valence-electron chi connectivity index (χ1n) is 16.9. The lowest BCUT2D eigenvalue weighted by atomic mass is 9.90. The van der Waals surface area contributed by atoms with Gasteiger partial charge in [-0.2, -0.15) is 11.8 Å². The first-order chi connectivity index (χ1) is 24.1. The van der Waals surface area contributed by atoms with Crippen LogP contribution in [0.1, 0.15) is 20.8 Å². The second-order valence-corrected chi connectivity index (χ2v) is 14.9. The van der Waals surface area contributed by atoms with Crippen molar-refractivity contribution in [2.24, 2.45) is 11.8 Å². The molecule has 0 aromatic heterocycles. The van der Waals surface area contributed by atoms with Crippen LogP contribution >= 0.6 is 24.0 Å². The van der Waals surface area contributed by atoms with Crippen molar-refractivity contribution in [1.82, 2.24) is 10.6 Å². The number of ether oxygens (including phenoxy) is 7. The maximum atomic E-state index is 10.7. The lowest BCUT2D eigenvalue weighted by Gasteiger charge is -2.50. The van der Waals surface area contributed by atoms with Crippen molar-refractivity contribution in [3.63, 3.8) is 0 Å². The summed E-state index contributed by atoms with van der Waals surface area (Å²) in [6.45, 7) is 3.97. The number of aliphatic hydroxyl groups is 10. The predicted octanol–water partition coefficient (Wildman–Crippen LogP) is -5.34. The molecule has 0 aliphatic carbocycles. The van der Waals surface area contributed by atoms with Crippen molar-refractivity contribution >= 4 is 29.1 Å². The van der Waals surface area contributed by atoms with Crippen molar-refractivity contribution in [2.45, 2.75) is 131 Å². The predicted molar refractivity (Wildman–Crippen MR) is 179 cm³/mol. The van der Waals surface area contributed by atoms with Crippen LogP contribution in [0.3, 0.4) is 0 Å². The van der Waals surface area contributed by atoms with Crippen molar-refractivity contribution in [3.05, 3.63) is 0 Å². The number of methoxy groups -OCH3 is 1. The van der Waals surface area contributed by atoms with E-state index in [2.05, 4.69) is 10.6 Å². The smallest absolute Gasteiger partial charge is 0.187 e. The van der Waals surface area contributed by atoms with Gasteiger partial charge < -0.3 is 94.9 Å². The van der Waals surface area contributed by atoms with Crippen LogP contribution in [0, 0.1) is 11.8 Å². The molecular formula is C30H54N2O17S2. The zero-order valence-corrected chi connectivity index (χ0v) is 30.4. The average molecular weight is 779 g/mol. The number of thioether (sulfide) groups is 1. The normalized spacial score (nSPS) is 47.9. The van der Waals surface area contributed by atoms with E-state index in [1.165, 1.54) is 25.8 Å². The van der Waals surface area contributed by atoms with Crippen LogP contribution in [-0.2, 0) is 33.2 Å². The van der Waals surface area contributed by atoms with Gasteiger partial charge in [-0.3, -0.25) is 0 Å². The van der Waals surface area contributed by atoms with Crippen LogP contribution in [0.15, 0.2) is 0 Å². The summed E-state index contributed by atoms with van der Waals surface area (Å²) in [5.41, 5.74) is 0. The lowest BCUT2D eigenvalue weighted by Crippen LogP contribution is -2.67. The van der Waals surface area contributed by atoms with Gasteiger partial charge in [0.15, 0.2) is 24.0 Å². The minimum absolute atomic E-state index is 0.178. The number of aliphatic hydroxyl groups excluding tert-OH is 10. The summed E-state index contributed by atoms with van der Waals surface area (Å²) in [5.74, 6) is 0.0449. The van der Waals surface area contributed by atoms with Crippen molar-refractivity contribution in [3.8, 4) is 0 Å². The minimum atomic E-state index is -1.79. The molecule has 10 unspecified atom stereocenters. The second-order valence-electron chi connectivity index (χ2n) is 13.3. The van der Waals surface area contributed by atoms with Gasteiger partial charge in [0.1, 0.15) is 67.3 Å².